The minimum atomic E-state index is -0.0560. The molecule has 1 aromatic heterocycles. The van der Waals surface area contributed by atoms with E-state index in [9.17, 15) is 0 Å². The van der Waals surface area contributed by atoms with E-state index < -0.39 is 0 Å². The highest BCUT2D eigenvalue weighted by Gasteiger charge is 2.28. The van der Waals surface area contributed by atoms with Gasteiger partial charge in [0.05, 0.1) is 5.69 Å². The van der Waals surface area contributed by atoms with Crippen LogP contribution < -0.4 is 0 Å². The molecular weight excluding hydrogens is 362 g/mol. The standard InChI is InChI=1S/C20H22BrN3/c1-5-20(3,4)19-23-22-18(15-9-7-6-8-10-15)24(19)17-12-11-16(21)13-14(17)2/h6-13H,5H2,1-4H3. The van der Waals surface area contributed by atoms with Gasteiger partial charge in [0.2, 0.25) is 0 Å². The second-order valence-corrected chi connectivity index (χ2v) is 7.63. The lowest BCUT2D eigenvalue weighted by Gasteiger charge is -2.24. The van der Waals surface area contributed by atoms with Gasteiger partial charge in [-0.05, 0) is 37.1 Å². The number of nitrogens with zero attached hydrogens (tertiary/aromatic N) is 3. The molecule has 0 saturated heterocycles. The maximum absolute atomic E-state index is 4.58. The Balaban J connectivity index is 2.30. The fourth-order valence-corrected chi connectivity index (χ4v) is 3.23. The van der Waals surface area contributed by atoms with Gasteiger partial charge < -0.3 is 0 Å². The van der Waals surface area contributed by atoms with E-state index in [0.29, 0.717) is 0 Å². The zero-order chi connectivity index (χ0) is 17.3. The molecule has 0 spiro atoms. The third kappa shape index (κ3) is 3.03. The van der Waals surface area contributed by atoms with E-state index in [2.05, 4.69) is 88.7 Å². The molecule has 0 atom stereocenters. The molecule has 0 radical (unpaired) electrons. The SMILES string of the molecule is CCC(C)(C)c1nnc(-c2ccccc2)n1-c1ccc(Br)cc1C. The van der Waals surface area contributed by atoms with Crippen molar-refractivity contribution in [3.63, 3.8) is 0 Å². The van der Waals surface area contributed by atoms with Crippen molar-refractivity contribution in [2.45, 2.75) is 39.5 Å². The minimum Gasteiger partial charge on any atom is -0.278 e. The van der Waals surface area contributed by atoms with Crippen molar-refractivity contribution in [3.05, 3.63) is 64.4 Å². The molecular formula is C20H22BrN3. The highest BCUT2D eigenvalue weighted by Crippen LogP contribution is 2.33. The molecule has 24 heavy (non-hydrogen) atoms. The number of aromatic nitrogens is 3. The van der Waals surface area contributed by atoms with Gasteiger partial charge in [-0.25, -0.2) is 0 Å². The number of benzene rings is 2. The third-order valence-electron chi connectivity index (χ3n) is 4.58. The Labute approximate surface area is 151 Å². The third-order valence-corrected chi connectivity index (χ3v) is 5.08. The monoisotopic (exact) mass is 383 g/mol. The van der Waals surface area contributed by atoms with Gasteiger partial charge in [0.1, 0.15) is 5.82 Å². The van der Waals surface area contributed by atoms with Crippen LogP contribution in [0.4, 0.5) is 0 Å². The van der Waals surface area contributed by atoms with Crippen molar-refractivity contribution < 1.29 is 0 Å². The molecule has 0 saturated carbocycles. The predicted molar refractivity (Wildman–Crippen MR) is 103 cm³/mol. The summed E-state index contributed by atoms with van der Waals surface area (Å²) < 4.78 is 3.29. The second kappa shape index (κ2) is 6.52. The van der Waals surface area contributed by atoms with E-state index in [4.69, 9.17) is 0 Å². The number of hydrogen-bond donors (Lipinski definition) is 0. The highest BCUT2D eigenvalue weighted by molar-refractivity contribution is 9.10. The summed E-state index contributed by atoms with van der Waals surface area (Å²) in [5.41, 5.74) is 3.33. The van der Waals surface area contributed by atoms with Crippen LogP contribution in [0.5, 0.6) is 0 Å². The lowest BCUT2D eigenvalue weighted by atomic mass is 9.89. The van der Waals surface area contributed by atoms with Gasteiger partial charge in [-0.3, -0.25) is 4.57 Å². The maximum Gasteiger partial charge on any atom is 0.168 e. The summed E-state index contributed by atoms with van der Waals surface area (Å²) in [4.78, 5) is 0. The van der Waals surface area contributed by atoms with Crippen LogP contribution in [0.1, 0.15) is 38.6 Å². The Bertz CT molecular complexity index is 851. The molecule has 0 aliphatic rings. The first-order valence-corrected chi connectivity index (χ1v) is 9.01. The average Bonchev–Trinajstić information content (AvgIpc) is 3.01. The first-order chi connectivity index (χ1) is 11.4. The van der Waals surface area contributed by atoms with Crippen LogP contribution in [-0.2, 0) is 5.41 Å². The van der Waals surface area contributed by atoms with Gasteiger partial charge in [0, 0.05) is 15.5 Å². The van der Waals surface area contributed by atoms with Crippen molar-refractivity contribution in [2.75, 3.05) is 0 Å². The predicted octanol–water partition coefficient (Wildman–Crippen LogP) is 5.69. The molecule has 1 heterocycles. The Morgan fingerprint density at radius 2 is 1.75 bits per heavy atom. The van der Waals surface area contributed by atoms with Crippen LogP contribution in [-0.4, -0.2) is 14.8 Å². The van der Waals surface area contributed by atoms with Crippen LogP contribution in [0.2, 0.25) is 0 Å². The van der Waals surface area contributed by atoms with Crippen LogP contribution in [0.15, 0.2) is 53.0 Å². The molecule has 0 unspecified atom stereocenters. The van der Waals surface area contributed by atoms with E-state index in [1.54, 1.807) is 0 Å². The normalized spacial score (nSPS) is 11.7. The molecule has 0 N–H and O–H groups in total. The molecule has 3 aromatic rings. The first kappa shape index (κ1) is 16.9. The number of aryl methyl sites for hydroxylation is 1. The smallest absolute Gasteiger partial charge is 0.168 e. The summed E-state index contributed by atoms with van der Waals surface area (Å²) >= 11 is 3.55. The van der Waals surface area contributed by atoms with E-state index >= 15 is 0 Å². The van der Waals surface area contributed by atoms with Crippen molar-refractivity contribution in [1.82, 2.24) is 14.8 Å². The van der Waals surface area contributed by atoms with Crippen molar-refractivity contribution in [2.24, 2.45) is 0 Å². The van der Waals surface area contributed by atoms with Gasteiger partial charge in [0.25, 0.3) is 0 Å². The summed E-state index contributed by atoms with van der Waals surface area (Å²) in [5, 5.41) is 9.12. The lowest BCUT2D eigenvalue weighted by molar-refractivity contribution is 0.464. The van der Waals surface area contributed by atoms with Gasteiger partial charge in [-0.15, -0.1) is 10.2 Å². The maximum atomic E-state index is 4.58. The molecule has 124 valence electrons. The largest absolute Gasteiger partial charge is 0.278 e. The average molecular weight is 384 g/mol. The zero-order valence-corrected chi connectivity index (χ0v) is 16.1. The molecule has 2 aromatic carbocycles. The van der Waals surface area contributed by atoms with Crippen LogP contribution in [0.25, 0.3) is 17.1 Å². The van der Waals surface area contributed by atoms with E-state index in [0.717, 1.165) is 33.8 Å². The van der Waals surface area contributed by atoms with Crippen molar-refractivity contribution >= 4 is 15.9 Å². The summed E-state index contributed by atoms with van der Waals surface area (Å²) in [6.07, 6.45) is 0.996. The van der Waals surface area contributed by atoms with E-state index in [-0.39, 0.29) is 5.41 Å². The van der Waals surface area contributed by atoms with Crippen LogP contribution >= 0.6 is 15.9 Å². The Morgan fingerprint density at radius 3 is 2.38 bits per heavy atom. The molecule has 4 heteroatoms. The molecule has 0 aliphatic carbocycles. The second-order valence-electron chi connectivity index (χ2n) is 6.72. The highest BCUT2D eigenvalue weighted by atomic mass is 79.9. The Morgan fingerprint density at radius 1 is 1.04 bits per heavy atom. The van der Waals surface area contributed by atoms with Gasteiger partial charge in [-0.2, -0.15) is 0 Å². The van der Waals surface area contributed by atoms with Crippen molar-refractivity contribution in [1.29, 1.82) is 0 Å². The Hall–Kier alpha value is -1.94. The van der Waals surface area contributed by atoms with Gasteiger partial charge in [-0.1, -0.05) is 67.0 Å². The summed E-state index contributed by atoms with van der Waals surface area (Å²) in [5.74, 6) is 1.88. The molecule has 0 amide bonds. The summed E-state index contributed by atoms with van der Waals surface area (Å²) in [6, 6.07) is 16.6. The molecule has 0 aliphatic heterocycles. The fraction of sp³-hybridized carbons (Fsp3) is 0.300. The summed E-state index contributed by atoms with van der Waals surface area (Å²) in [6.45, 7) is 8.75. The Kier molecular flexibility index (Phi) is 4.59. The number of halogens is 1. The lowest BCUT2D eigenvalue weighted by Crippen LogP contribution is -2.22. The molecule has 0 fully saturated rings. The fourth-order valence-electron chi connectivity index (χ4n) is 2.75. The summed E-state index contributed by atoms with van der Waals surface area (Å²) in [7, 11) is 0. The van der Waals surface area contributed by atoms with E-state index in [1.807, 2.05) is 18.2 Å². The zero-order valence-electron chi connectivity index (χ0n) is 14.5. The first-order valence-electron chi connectivity index (χ1n) is 8.22. The van der Waals surface area contributed by atoms with E-state index in [1.165, 1.54) is 5.56 Å². The molecule has 3 nitrogen and oxygen atoms in total. The van der Waals surface area contributed by atoms with Crippen molar-refractivity contribution in [3.8, 4) is 17.1 Å². The quantitative estimate of drug-likeness (QED) is 0.578. The van der Waals surface area contributed by atoms with Gasteiger partial charge in [0.15, 0.2) is 5.82 Å². The molecule has 0 bridgehead atoms. The minimum absolute atomic E-state index is 0.0560. The van der Waals surface area contributed by atoms with Crippen LogP contribution in [0.3, 0.4) is 0 Å². The topological polar surface area (TPSA) is 30.7 Å². The number of hydrogen-bond acceptors (Lipinski definition) is 2. The number of rotatable bonds is 4. The van der Waals surface area contributed by atoms with Gasteiger partial charge >= 0.3 is 0 Å². The van der Waals surface area contributed by atoms with Crippen LogP contribution in [0, 0.1) is 6.92 Å². The molecule has 3 rings (SSSR count).